The first-order chi connectivity index (χ1) is 7.37. The van der Waals surface area contributed by atoms with Crippen LogP contribution in [-0.4, -0.2) is 50.7 Å². The highest BCUT2D eigenvalue weighted by molar-refractivity contribution is 8.27. The van der Waals surface area contributed by atoms with Crippen molar-refractivity contribution < 1.29 is 14.7 Å². The van der Waals surface area contributed by atoms with Crippen LogP contribution in [-0.2, 0) is 10.1 Å². The summed E-state index contributed by atoms with van der Waals surface area (Å²) in [5.41, 5.74) is 0. The summed E-state index contributed by atoms with van der Waals surface area (Å²) in [5, 5.41) is 0. The molecule has 0 amide bonds. The summed E-state index contributed by atoms with van der Waals surface area (Å²) in [6.45, 7) is 10.3. The minimum Gasteiger partial charge on any atom is -0.329 e. The average molecular weight is 273 g/mol. The fourth-order valence-electron chi connectivity index (χ4n) is 1.22. The average Bonchev–Trinajstić information content (AvgIpc) is 2.21. The Balaban J connectivity index is 0. The van der Waals surface area contributed by atoms with E-state index in [2.05, 4.69) is 25.7 Å². The quantitative estimate of drug-likeness (QED) is 0.666. The Morgan fingerprint density at radius 1 is 0.812 bits per heavy atom. The predicted octanol–water partition coefficient (Wildman–Crippen LogP) is 1.65. The van der Waals surface area contributed by atoms with Crippen molar-refractivity contribution in [1.82, 2.24) is 4.90 Å². The molecule has 16 heavy (non-hydrogen) atoms. The van der Waals surface area contributed by atoms with E-state index in [9.17, 15) is 0 Å². The highest BCUT2D eigenvalue weighted by Crippen LogP contribution is 2.36. The van der Waals surface area contributed by atoms with Gasteiger partial charge in [0.15, 0.2) is 0 Å². The van der Waals surface area contributed by atoms with Crippen molar-refractivity contribution in [1.29, 1.82) is 0 Å². The molecule has 0 bridgehead atoms. The molecule has 0 spiro atoms. The molecule has 0 saturated carbocycles. The Morgan fingerprint density at radius 3 is 1.12 bits per heavy atom. The lowest BCUT2D eigenvalue weighted by Gasteiger charge is -2.13. The van der Waals surface area contributed by atoms with Gasteiger partial charge in [-0.2, -0.15) is 0 Å². The third-order valence-electron chi connectivity index (χ3n) is 2.35. The molecule has 0 saturated heterocycles. The number of rotatable bonds is 5. The molecule has 0 aliphatic rings. The third-order valence-corrected chi connectivity index (χ3v) is 8.01. The van der Waals surface area contributed by atoms with E-state index in [4.69, 9.17) is 14.7 Å². The molecule has 4 nitrogen and oxygen atoms in total. The van der Waals surface area contributed by atoms with Gasteiger partial charge in [-0.1, -0.05) is 34.6 Å². The molecule has 0 aromatic rings. The normalized spacial score (nSPS) is 11.6. The van der Waals surface area contributed by atoms with Crippen molar-refractivity contribution in [2.75, 3.05) is 31.1 Å². The first-order valence-electron chi connectivity index (χ1n) is 5.84. The highest BCUT2D eigenvalue weighted by atomic mass is 32.5. The van der Waals surface area contributed by atoms with Crippen molar-refractivity contribution in [2.24, 2.45) is 0 Å². The monoisotopic (exact) mass is 273 g/mol. The Hall–Kier alpha value is 0.620. The van der Waals surface area contributed by atoms with Crippen LogP contribution < -0.4 is 0 Å². The molecular weight excluding hydrogens is 245 g/mol. The van der Waals surface area contributed by atoms with Gasteiger partial charge in [-0.15, -0.1) is 10.1 Å². The van der Waals surface area contributed by atoms with E-state index >= 15 is 0 Å². The van der Waals surface area contributed by atoms with Gasteiger partial charge in [0.1, 0.15) is 0 Å². The highest BCUT2D eigenvalue weighted by Gasteiger charge is 2.07. The first kappa shape index (κ1) is 19.0. The summed E-state index contributed by atoms with van der Waals surface area (Å²) in [4.78, 5) is 28.5. The van der Waals surface area contributed by atoms with Crippen LogP contribution in [0.15, 0.2) is 0 Å². The van der Waals surface area contributed by atoms with Crippen LogP contribution in [0.4, 0.5) is 0 Å². The molecule has 0 atom stereocenters. The van der Waals surface area contributed by atoms with Gasteiger partial charge in [0, 0.05) is 0 Å². The van der Waals surface area contributed by atoms with Gasteiger partial charge in [-0.05, 0) is 31.1 Å². The molecule has 0 radical (unpaired) electrons. The maximum absolute atomic E-state index is 8.71. The van der Waals surface area contributed by atoms with E-state index in [1.165, 1.54) is 19.6 Å². The second-order valence-corrected chi connectivity index (χ2v) is 9.30. The fourth-order valence-corrected chi connectivity index (χ4v) is 4.40. The Morgan fingerprint density at radius 2 is 1.12 bits per heavy atom. The number of hydrogen-bond acceptors (Lipinski definition) is 1. The van der Waals surface area contributed by atoms with E-state index in [1.54, 1.807) is 0 Å². The Bertz CT molecular complexity index is 194. The molecule has 0 aliphatic carbocycles. The van der Waals surface area contributed by atoms with Gasteiger partial charge >= 0.3 is 0 Å². The molecule has 0 unspecified atom stereocenters. The van der Waals surface area contributed by atoms with Crippen LogP contribution in [0.2, 0.25) is 0 Å². The van der Waals surface area contributed by atoms with Gasteiger partial charge in [0.25, 0.3) is 6.72 Å². The van der Waals surface area contributed by atoms with Gasteiger partial charge in [0.2, 0.25) is 0 Å². The lowest BCUT2D eigenvalue weighted by molar-refractivity contribution is 0.321. The van der Waals surface area contributed by atoms with Crippen molar-refractivity contribution in [3.63, 3.8) is 0 Å². The van der Waals surface area contributed by atoms with E-state index in [0.29, 0.717) is 11.5 Å². The number of nitrogens with zero attached hydrogens (tertiary/aromatic N) is 1. The lowest BCUT2D eigenvalue weighted by atomic mass is 10.5. The molecule has 0 aliphatic heterocycles. The summed E-state index contributed by atoms with van der Waals surface area (Å²) in [6, 6.07) is 0. The zero-order valence-electron chi connectivity index (χ0n) is 11.2. The molecule has 0 aromatic carbocycles. The zero-order valence-corrected chi connectivity index (χ0v) is 12.9. The lowest BCUT2D eigenvalue weighted by Crippen LogP contribution is -2.21. The van der Waals surface area contributed by atoms with E-state index in [1.807, 2.05) is 13.8 Å². The van der Waals surface area contributed by atoms with Crippen LogP contribution >= 0.6 is 6.72 Å². The standard InChI is InChI=1S/C6H15N.C4H13O3PS/c1-4-7(5-2)6-3;1-3-9(4-2)8(5,6)7/h4-6H2,1-3H3;5-7H,3-4H2,1-2H3. The van der Waals surface area contributed by atoms with E-state index in [0.717, 1.165) is 0 Å². The zero-order chi connectivity index (χ0) is 13.2. The van der Waals surface area contributed by atoms with Crippen LogP contribution in [0.25, 0.3) is 0 Å². The van der Waals surface area contributed by atoms with Crippen LogP contribution in [0.1, 0.15) is 34.6 Å². The molecular formula is C10H28NO3PS. The van der Waals surface area contributed by atoms with Crippen molar-refractivity contribution in [3.8, 4) is 0 Å². The van der Waals surface area contributed by atoms with Gasteiger partial charge in [-0.3, -0.25) is 0 Å². The van der Waals surface area contributed by atoms with Crippen molar-refractivity contribution >= 4 is 16.8 Å². The molecule has 102 valence electrons. The van der Waals surface area contributed by atoms with Crippen molar-refractivity contribution in [2.45, 2.75) is 34.6 Å². The maximum atomic E-state index is 8.71. The Kier molecular flexibility index (Phi) is 12.8. The number of hydrogen-bond donors (Lipinski definition) is 3. The first-order valence-corrected chi connectivity index (χ1v) is 9.66. The van der Waals surface area contributed by atoms with E-state index < -0.39 is 16.8 Å². The molecule has 6 heteroatoms. The minimum absolute atomic E-state index is 0.578. The summed E-state index contributed by atoms with van der Waals surface area (Å²) < 4.78 is 0. The smallest absolute Gasteiger partial charge is 0.277 e. The molecule has 0 fully saturated rings. The van der Waals surface area contributed by atoms with Crippen LogP contribution in [0.3, 0.4) is 0 Å². The second-order valence-electron chi connectivity index (χ2n) is 3.17. The molecule has 0 rings (SSSR count). The summed E-state index contributed by atoms with van der Waals surface area (Å²) >= 11 is 0. The van der Waals surface area contributed by atoms with Gasteiger partial charge < -0.3 is 19.6 Å². The predicted molar refractivity (Wildman–Crippen MR) is 75.5 cm³/mol. The minimum atomic E-state index is -3.50. The summed E-state index contributed by atoms with van der Waals surface area (Å²) in [7, 11) is -0.578. The van der Waals surface area contributed by atoms with Crippen LogP contribution in [0.5, 0.6) is 0 Å². The van der Waals surface area contributed by atoms with Crippen molar-refractivity contribution in [3.05, 3.63) is 0 Å². The third kappa shape index (κ3) is 9.82. The largest absolute Gasteiger partial charge is 0.329 e. The summed E-state index contributed by atoms with van der Waals surface area (Å²) in [5.74, 6) is 1.29. The summed E-state index contributed by atoms with van der Waals surface area (Å²) in [6.07, 6.45) is 0. The molecule has 0 aromatic heterocycles. The molecule has 3 N–H and O–H groups in total. The van der Waals surface area contributed by atoms with Gasteiger partial charge in [-0.25, -0.2) is 0 Å². The maximum Gasteiger partial charge on any atom is 0.277 e. The van der Waals surface area contributed by atoms with E-state index in [-0.39, 0.29) is 0 Å². The SMILES string of the molecule is CCN(CC)CC.CCS(CC)=P(O)(O)O. The van der Waals surface area contributed by atoms with Crippen LogP contribution in [0, 0.1) is 0 Å². The fraction of sp³-hybridized carbons (Fsp3) is 1.00. The Labute approximate surface area is 102 Å². The second kappa shape index (κ2) is 10.8. The van der Waals surface area contributed by atoms with Gasteiger partial charge in [0.05, 0.1) is 0 Å². The topological polar surface area (TPSA) is 63.9 Å². The molecule has 0 heterocycles.